The molecule has 0 aromatic heterocycles. The van der Waals surface area contributed by atoms with Crippen molar-refractivity contribution in [2.45, 2.75) is 6.92 Å². The van der Waals surface area contributed by atoms with Crippen LogP contribution in [0.2, 0.25) is 10.0 Å². The highest BCUT2D eigenvalue weighted by Crippen LogP contribution is 2.30. The van der Waals surface area contributed by atoms with E-state index in [4.69, 9.17) is 23.2 Å². The first-order chi connectivity index (χ1) is 8.99. The quantitative estimate of drug-likeness (QED) is 0.773. The Labute approximate surface area is 129 Å². The number of carbonyl (C=O) groups is 1. The monoisotopic (exact) mass is 357 g/mol. The number of hydrogen-bond donors (Lipinski definition) is 1. The van der Waals surface area contributed by atoms with E-state index in [0.29, 0.717) is 21.3 Å². The Morgan fingerprint density at radius 3 is 2.37 bits per heavy atom. The van der Waals surface area contributed by atoms with Crippen molar-refractivity contribution in [3.8, 4) is 0 Å². The van der Waals surface area contributed by atoms with E-state index in [1.807, 2.05) is 19.1 Å². The zero-order chi connectivity index (χ0) is 14.0. The van der Waals surface area contributed by atoms with Crippen LogP contribution in [0.4, 0.5) is 5.69 Å². The molecule has 98 valence electrons. The van der Waals surface area contributed by atoms with Gasteiger partial charge in [-0.1, -0.05) is 35.3 Å². The number of halogens is 3. The summed E-state index contributed by atoms with van der Waals surface area (Å²) in [5.74, 6) is -0.262. The first-order valence-electron chi connectivity index (χ1n) is 5.50. The van der Waals surface area contributed by atoms with Crippen molar-refractivity contribution in [1.82, 2.24) is 0 Å². The van der Waals surface area contributed by atoms with E-state index >= 15 is 0 Å². The smallest absolute Gasteiger partial charge is 0.256 e. The Morgan fingerprint density at radius 2 is 1.79 bits per heavy atom. The van der Waals surface area contributed by atoms with Crippen molar-refractivity contribution in [3.63, 3.8) is 0 Å². The van der Waals surface area contributed by atoms with Crippen LogP contribution in [0.3, 0.4) is 0 Å². The standard InChI is InChI=1S/C14H10BrCl2NO/c1-8-5-6-9(10(15)7-8)14(19)18-13-11(16)3-2-4-12(13)17/h2-7H,1H3,(H,18,19). The van der Waals surface area contributed by atoms with E-state index in [1.54, 1.807) is 24.3 Å². The van der Waals surface area contributed by atoms with Crippen LogP contribution in [0.1, 0.15) is 15.9 Å². The molecule has 0 bridgehead atoms. The minimum absolute atomic E-state index is 0.262. The van der Waals surface area contributed by atoms with Crippen LogP contribution >= 0.6 is 39.1 Å². The Balaban J connectivity index is 2.31. The average molecular weight is 359 g/mol. The zero-order valence-corrected chi connectivity index (χ0v) is 13.1. The van der Waals surface area contributed by atoms with E-state index in [0.717, 1.165) is 10.0 Å². The van der Waals surface area contributed by atoms with Gasteiger partial charge in [0.1, 0.15) is 0 Å². The molecule has 2 nitrogen and oxygen atoms in total. The van der Waals surface area contributed by atoms with Gasteiger partial charge in [-0.2, -0.15) is 0 Å². The van der Waals surface area contributed by atoms with Crippen LogP contribution in [0.5, 0.6) is 0 Å². The fourth-order valence-corrected chi connectivity index (χ4v) is 2.77. The molecule has 0 aliphatic rings. The van der Waals surface area contributed by atoms with Crippen LogP contribution in [-0.2, 0) is 0 Å². The van der Waals surface area contributed by atoms with Crippen LogP contribution in [-0.4, -0.2) is 5.91 Å². The van der Waals surface area contributed by atoms with Crippen molar-refractivity contribution >= 4 is 50.7 Å². The minimum atomic E-state index is -0.262. The Morgan fingerprint density at radius 1 is 1.16 bits per heavy atom. The minimum Gasteiger partial charge on any atom is -0.319 e. The molecule has 0 heterocycles. The maximum absolute atomic E-state index is 12.2. The molecule has 19 heavy (non-hydrogen) atoms. The van der Waals surface area contributed by atoms with E-state index in [2.05, 4.69) is 21.2 Å². The van der Waals surface area contributed by atoms with Crippen molar-refractivity contribution in [2.24, 2.45) is 0 Å². The van der Waals surface area contributed by atoms with Crippen LogP contribution in [0.15, 0.2) is 40.9 Å². The molecule has 0 spiro atoms. The number of aryl methyl sites for hydroxylation is 1. The van der Waals surface area contributed by atoms with Gasteiger partial charge in [-0.05, 0) is 52.7 Å². The highest BCUT2D eigenvalue weighted by Gasteiger charge is 2.13. The number of amides is 1. The predicted molar refractivity (Wildman–Crippen MR) is 83.3 cm³/mol. The molecule has 1 amide bonds. The lowest BCUT2D eigenvalue weighted by atomic mass is 10.1. The fourth-order valence-electron chi connectivity index (χ4n) is 1.60. The number of carbonyl (C=O) groups excluding carboxylic acids is 1. The molecule has 0 aliphatic heterocycles. The second-order valence-corrected chi connectivity index (χ2v) is 5.70. The molecule has 0 fully saturated rings. The number of rotatable bonds is 2. The lowest BCUT2D eigenvalue weighted by Gasteiger charge is -2.10. The van der Waals surface area contributed by atoms with Gasteiger partial charge in [-0.15, -0.1) is 0 Å². The summed E-state index contributed by atoms with van der Waals surface area (Å²) in [7, 11) is 0. The Bertz CT molecular complexity index is 623. The van der Waals surface area contributed by atoms with Crippen LogP contribution < -0.4 is 5.32 Å². The van der Waals surface area contributed by atoms with Gasteiger partial charge in [-0.25, -0.2) is 0 Å². The molecule has 0 radical (unpaired) electrons. The molecule has 0 unspecified atom stereocenters. The molecule has 2 aromatic rings. The van der Waals surface area contributed by atoms with Gasteiger partial charge >= 0.3 is 0 Å². The third-order valence-corrected chi connectivity index (χ3v) is 3.86. The molecule has 0 saturated carbocycles. The number of benzene rings is 2. The molecule has 0 aliphatic carbocycles. The second kappa shape index (κ2) is 5.95. The van der Waals surface area contributed by atoms with Crippen molar-refractivity contribution in [2.75, 3.05) is 5.32 Å². The largest absolute Gasteiger partial charge is 0.319 e. The number of para-hydroxylation sites is 1. The average Bonchev–Trinajstić information content (AvgIpc) is 2.33. The summed E-state index contributed by atoms with van der Waals surface area (Å²) in [6.07, 6.45) is 0. The van der Waals surface area contributed by atoms with E-state index < -0.39 is 0 Å². The third kappa shape index (κ3) is 3.30. The van der Waals surface area contributed by atoms with Gasteiger partial charge in [0.15, 0.2) is 0 Å². The van der Waals surface area contributed by atoms with Crippen molar-refractivity contribution in [3.05, 3.63) is 62.0 Å². The lowest BCUT2D eigenvalue weighted by molar-refractivity contribution is 0.102. The van der Waals surface area contributed by atoms with Gasteiger partial charge in [0.25, 0.3) is 5.91 Å². The Kier molecular flexibility index (Phi) is 4.50. The summed E-state index contributed by atoms with van der Waals surface area (Å²) in [5.41, 5.74) is 2.02. The summed E-state index contributed by atoms with van der Waals surface area (Å²) in [6.45, 7) is 1.96. The normalized spacial score (nSPS) is 10.3. The van der Waals surface area contributed by atoms with Gasteiger partial charge in [0, 0.05) is 4.47 Å². The van der Waals surface area contributed by atoms with Crippen LogP contribution in [0, 0.1) is 6.92 Å². The summed E-state index contributed by atoms with van der Waals surface area (Å²) in [6, 6.07) is 10.6. The molecule has 0 atom stereocenters. The maximum atomic E-state index is 12.2. The number of anilines is 1. The maximum Gasteiger partial charge on any atom is 0.256 e. The Hall–Kier alpha value is -1.03. The van der Waals surface area contributed by atoms with Gasteiger partial charge in [0.05, 0.1) is 21.3 Å². The highest BCUT2D eigenvalue weighted by atomic mass is 79.9. The van der Waals surface area contributed by atoms with Gasteiger partial charge < -0.3 is 5.32 Å². The first-order valence-corrected chi connectivity index (χ1v) is 7.05. The fraction of sp³-hybridized carbons (Fsp3) is 0.0714. The number of nitrogens with one attached hydrogen (secondary N) is 1. The van der Waals surface area contributed by atoms with Crippen molar-refractivity contribution < 1.29 is 4.79 Å². The zero-order valence-electron chi connectivity index (χ0n) is 10.0. The SMILES string of the molecule is Cc1ccc(C(=O)Nc2c(Cl)cccc2Cl)c(Br)c1. The van der Waals surface area contributed by atoms with Gasteiger partial charge in [-0.3, -0.25) is 4.79 Å². The van der Waals surface area contributed by atoms with Crippen molar-refractivity contribution in [1.29, 1.82) is 0 Å². The molecule has 5 heteroatoms. The molecule has 2 aromatic carbocycles. The van der Waals surface area contributed by atoms with Gasteiger partial charge in [0.2, 0.25) is 0 Å². The van der Waals surface area contributed by atoms with Crippen LogP contribution in [0.25, 0.3) is 0 Å². The number of hydrogen-bond acceptors (Lipinski definition) is 1. The summed E-state index contributed by atoms with van der Waals surface area (Å²) < 4.78 is 0.730. The third-order valence-electron chi connectivity index (χ3n) is 2.57. The molecular weight excluding hydrogens is 349 g/mol. The summed E-state index contributed by atoms with van der Waals surface area (Å²) >= 11 is 15.4. The topological polar surface area (TPSA) is 29.1 Å². The summed E-state index contributed by atoms with van der Waals surface area (Å²) in [5, 5.41) is 3.54. The van der Waals surface area contributed by atoms with E-state index in [9.17, 15) is 4.79 Å². The molecule has 0 saturated heterocycles. The molecule has 2 rings (SSSR count). The molecule has 1 N–H and O–H groups in total. The predicted octanol–water partition coefficient (Wildman–Crippen LogP) is 5.32. The lowest BCUT2D eigenvalue weighted by Crippen LogP contribution is -2.13. The van der Waals surface area contributed by atoms with E-state index in [-0.39, 0.29) is 5.91 Å². The first kappa shape index (κ1) is 14.4. The highest BCUT2D eigenvalue weighted by molar-refractivity contribution is 9.10. The van der Waals surface area contributed by atoms with E-state index in [1.165, 1.54) is 0 Å². The molecular formula is C14H10BrCl2NO. The second-order valence-electron chi connectivity index (χ2n) is 4.03. The summed E-state index contributed by atoms with van der Waals surface area (Å²) in [4.78, 5) is 12.2.